The van der Waals surface area contributed by atoms with E-state index in [0.29, 0.717) is 18.8 Å². The molecule has 4 N–H and O–H groups in total. The summed E-state index contributed by atoms with van der Waals surface area (Å²) < 4.78 is 1.79. The first-order valence-electron chi connectivity index (χ1n) is 5.72. The van der Waals surface area contributed by atoms with E-state index in [9.17, 15) is 4.79 Å². The number of H-pyrrole nitrogens is 1. The minimum absolute atomic E-state index is 0.115. The fourth-order valence-electron chi connectivity index (χ4n) is 1.60. The van der Waals surface area contributed by atoms with E-state index in [2.05, 4.69) is 20.5 Å². The standard InChI is InChI=1S/C11H16N6O/c1-8(9-4-14-15-5-9)16-11(18)10-6-17(3-2-12)7-13-10/h4-8H,2-3,12H2,1H3,(H,14,15)(H,16,18). The molecule has 2 rings (SSSR count). The predicted octanol–water partition coefficient (Wildman–Crippen LogP) is 0.0559. The predicted molar refractivity (Wildman–Crippen MR) is 65.8 cm³/mol. The number of aromatic amines is 1. The fourth-order valence-corrected chi connectivity index (χ4v) is 1.60. The molecule has 2 aromatic rings. The number of nitrogens with one attached hydrogen (secondary N) is 2. The lowest BCUT2D eigenvalue weighted by atomic mass is 10.2. The van der Waals surface area contributed by atoms with Crippen molar-refractivity contribution in [3.05, 3.63) is 36.2 Å². The van der Waals surface area contributed by atoms with Gasteiger partial charge in [0.05, 0.1) is 18.6 Å². The molecule has 0 aromatic carbocycles. The molecule has 18 heavy (non-hydrogen) atoms. The van der Waals surface area contributed by atoms with Crippen LogP contribution in [0.2, 0.25) is 0 Å². The quantitative estimate of drug-likeness (QED) is 0.696. The van der Waals surface area contributed by atoms with Gasteiger partial charge >= 0.3 is 0 Å². The number of nitrogens with zero attached hydrogens (tertiary/aromatic N) is 3. The summed E-state index contributed by atoms with van der Waals surface area (Å²) in [6, 6.07) is -0.115. The third-order valence-corrected chi connectivity index (χ3v) is 2.62. The van der Waals surface area contributed by atoms with E-state index in [1.54, 1.807) is 29.5 Å². The number of aromatic nitrogens is 4. The van der Waals surface area contributed by atoms with E-state index in [0.717, 1.165) is 5.56 Å². The molecule has 1 amide bonds. The molecule has 0 saturated carbocycles. The van der Waals surface area contributed by atoms with Gasteiger partial charge in [-0.2, -0.15) is 5.10 Å². The van der Waals surface area contributed by atoms with Crippen LogP contribution in [0.5, 0.6) is 0 Å². The Hall–Kier alpha value is -2.15. The summed E-state index contributed by atoms with van der Waals surface area (Å²) in [4.78, 5) is 16.0. The first kappa shape index (κ1) is 12.3. The number of nitrogens with two attached hydrogens (primary N) is 1. The number of carbonyl (C=O) groups is 1. The van der Waals surface area contributed by atoms with E-state index >= 15 is 0 Å². The first-order valence-corrected chi connectivity index (χ1v) is 5.72. The van der Waals surface area contributed by atoms with Crippen LogP contribution in [0.25, 0.3) is 0 Å². The van der Waals surface area contributed by atoms with Crippen molar-refractivity contribution in [3.63, 3.8) is 0 Å². The molecule has 2 aromatic heterocycles. The van der Waals surface area contributed by atoms with Crippen molar-refractivity contribution in [1.29, 1.82) is 0 Å². The third kappa shape index (κ3) is 2.75. The molecule has 96 valence electrons. The Bertz CT molecular complexity index is 503. The minimum atomic E-state index is -0.209. The van der Waals surface area contributed by atoms with Gasteiger partial charge < -0.3 is 15.6 Å². The van der Waals surface area contributed by atoms with Crippen LogP contribution < -0.4 is 11.1 Å². The molecule has 0 saturated heterocycles. The van der Waals surface area contributed by atoms with Crippen molar-refractivity contribution in [3.8, 4) is 0 Å². The molecule has 1 unspecified atom stereocenters. The van der Waals surface area contributed by atoms with Gasteiger partial charge in [0.1, 0.15) is 5.69 Å². The molecule has 1 atom stereocenters. The molecule has 7 nitrogen and oxygen atoms in total. The maximum Gasteiger partial charge on any atom is 0.271 e. The van der Waals surface area contributed by atoms with Crippen LogP contribution in [0.15, 0.2) is 24.9 Å². The lowest BCUT2D eigenvalue weighted by Crippen LogP contribution is -2.26. The Morgan fingerprint density at radius 2 is 2.50 bits per heavy atom. The minimum Gasteiger partial charge on any atom is -0.344 e. The zero-order chi connectivity index (χ0) is 13.0. The second-order valence-electron chi connectivity index (χ2n) is 4.01. The summed E-state index contributed by atoms with van der Waals surface area (Å²) in [7, 11) is 0. The average Bonchev–Trinajstić information content (AvgIpc) is 3.00. The zero-order valence-corrected chi connectivity index (χ0v) is 10.1. The van der Waals surface area contributed by atoms with Gasteiger partial charge in [0, 0.05) is 31.0 Å². The van der Waals surface area contributed by atoms with Gasteiger partial charge in [-0.1, -0.05) is 0 Å². The van der Waals surface area contributed by atoms with Crippen molar-refractivity contribution in [2.24, 2.45) is 5.73 Å². The summed E-state index contributed by atoms with van der Waals surface area (Å²) >= 11 is 0. The van der Waals surface area contributed by atoms with Crippen LogP contribution in [0, 0.1) is 0 Å². The molecule has 0 spiro atoms. The maximum atomic E-state index is 11.9. The third-order valence-electron chi connectivity index (χ3n) is 2.62. The van der Waals surface area contributed by atoms with Gasteiger partial charge in [-0.3, -0.25) is 9.89 Å². The number of carbonyl (C=O) groups excluding carboxylic acids is 1. The van der Waals surface area contributed by atoms with Crippen molar-refractivity contribution in [1.82, 2.24) is 25.1 Å². The van der Waals surface area contributed by atoms with Gasteiger partial charge in [0.2, 0.25) is 0 Å². The molecule has 0 aliphatic carbocycles. The molecule has 0 radical (unpaired) electrons. The topological polar surface area (TPSA) is 102 Å². The number of amides is 1. The number of rotatable bonds is 5. The Morgan fingerprint density at radius 3 is 3.17 bits per heavy atom. The van der Waals surface area contributed by atoms with Gasteiger partial charge in [-0.15, -0.1) is 0 Å². The highest BCUT2D eigenvalue weighted by Crippen LogP contribution is 2.10. The Morgan fingerprint density at radius 1 is 1.67 bits per heavy atom. The van der Waals surface area contributed by atoms with Gasteiger partial charge in [0.15, 0.2) is 0 Å². The molecule has 0 aliphatic heterocycles. The summed E-state index contributed by atoms with van der Waals surface area (Å²) in [5.74, 6) is -0.209. The first-order chi connectivity index (χ1) is 8.70. The molecule has 7 heteroatoms. The van der Waals surface area contributed by atoms with Crippen LogP contribution >= 0.6 is 0 Å². The van der Waals surface area contributed by atoms with Crippen molar-refractivity contribution >= 4 is 5.91 Å². The van der Waals surface area contributed by atoms with E-state index in [-0.39, 0.29) is 11.9 Å². The molecule has 0 bridgehead atoms. The number of hydrogen-bond acceptors (Lipinski definition) is 4. The zero-order valence-electron chi connectivity index (χ0n) is 10.1. The molecule has 0 fully saturated rings. The number of imidazole rings is 1. The second-order valence-corrected chi connectivity index (χ2v) is 4.01. The SMILES string of the molecule is CC(NC(=O)c1cn(CCN)cn1)c1cn[nH]c1. The van der Waals surface area contributed by atoms with Crippen LogP contribution in [-0.4, -0.2) is 32.2 Å². The van der Waals surface area contributed by atoms with Crippen LogP contribution in [0.4, 0.5) is 0 Å². The van der Waals surface area contributed by atoms with E-state index in [1.807, 2.05) is 6.92 Å². The molecular formula is C11H16N6O. The van der Waals surface area contributed by atoms with Crippen LogP contribution in [-0.2, 0) is 6.54 Å². The Balaban J connectivity index is 1.98. The lowest BCUT2D eigenvalue weighted by Gasteiger charge is -2.10. The van der Waals surface area contributed by atoms with Gasteiger partial charge in [-0.05, 0) is 6.92 Å². The van der Waals surface area contributed by atoms with Gasteiger partial charge in [-0.25, -0.2) is 4.98 Å². The smallest absolute Gasteiger partial charge is 0.271 e. The van der Waals surface area contributed by atoms with Crippen molar-refractivity contribution in [2.45, 2.75) is 19.5 Å². The highest BCUT2D eigenvalue weighted by Gasteiger charge is 2.14. The highest BCUT2D eigenvalue weighted by atomic mass is 16.1. The monoisotopic (exact) mass is 248 g/mol. The summed E-state index contributed by atoms with van der Waals surface area (Å²) in [5, 5.41) is 9.40. The Labute approximate surface area is 104 Å². The van der Waals surface area contributed by atoms with Crippen molar-refractivity contribution < 1.29 is 4.79 Å². The summed E-state index contributed by atoms with van der Waals surface area (Å²) in [5.41, 5.74) is 6.74. The molecular weight excluding hydrogens is 232 g/mol. The normalized spacial score (nSPS) is 12.3. The largest absolute Gasteiger partial charge is 0.344 e. The fraction of sp³-hybridized carbons (Fsp3) is 0.364. The van der Waals surface area contributed by atoms with E-state index < -0.39 is 0 Å². The molecule has 2 heterocycles. The van der Waals surface area contributed by atoms with Crippen LogP contribution in [0.1, 0.15) is 29.0 Å². The van der Waals surface area contributed by atoms with Gasteiger partial charge in [0.25, 0.3) is 5.91 Å². The summed E-state index contributed by atoms with van der Waals surface area (Å²) in [6.07, 6.45) is 6.71. The lowest BCUT2D eigenvalue weighted by molar-refractivity contribution is 0.0935. The van der Waals surface area contributed by atoms with Crippen molar-refractivity contribution in [2.75, 3.05) is 6.54 Å². The maximum absolute atomic E-state index is 11.9. The highest BCUT2D eigenvalue weighted by molar-refractivity contribution is 5.92. The second kappa shape index (κ2) is 5.46. The van der Waals surface area contributed by atoms with Crippen LogP contribution in [0.3, 0.4) is 0 Å². The van der Waals surface area contributed by atoms with E-state index in [1.165, 1.54) is 0 Å². The average molecular weight is 248 g/mol. The molecule has 0 aliphatic rings. The number of hydrogen-bond donors (Lipinski definition) is 3. The Kier molecular flexibility index (Phi) is 3.73. The van der Waals surface area contributed by atoms with E-state index in [4.69, 9.17) is 5.73 Å². The summed E-state index contributed by atoms with van der Waals surface area (Å²) in [6.45, 7) is 3.06.